The van der Waals surface area contributed by atoms with Crippen LogP contribution in [-0.2, 0) is 0 Å². The van der Waals surface area contributed by atoms with E-state index in [1.54, 1.807) is 11.8 Å². The zero-order valence-electron chi connectivity index (χ0n) is 10.4. The van der Waals surface area contributed by atoms with E-state index in [2.05, 4.69) is 5.32 Å². The average molecular weight is 302 g/mol. The van der Waals surface area contributed by atoms with Crippen molar-refractivity contribution in [1.29, 1.82) is 0 Å². The summed E-state index contributed by atoms with van der Waals surface area (Å²) in [7, 11) is 0. The highest BCUT2D eigenvalue weighted by Crippen LogP contribution is 2.23. The monoisotopic (exact) mass is 302 g/mol. The topological polar surface area (TPSA) is 72.2 Å². The van der Waals surface area contributed by atoms with E-state index in [9.17, 15) is 23.7 Å². The summed E-state index contributed by atoms with van der Waals surface area (Å²) in [4.78, 5) is 21.9. The Morgan fingerprint density at radius 3 is 2.50 bits per heavy atom. The molecule has 0 unspecified atom stereocenters. The van der Waals surface area contributed by atoms with Crippen molar-refractivity contribution in [3.63, 3.8) is 0 Å². The van der Waals surface area contributed by atoms with Gasteiger partial charge in [0, 0.05) is 6.04 Å². The van der Waals surface area contributed by atoms with E-state index < -0.39 is 33.7 Å². The van der Waals surface area contributed by atoms with Gasteiger partial charge in [-0.25, -0.2) is 8.78 Å². The van der Waals surface area contributed by atoms with Gasteiger partial charge in [-0.1, -0.05) is 0 Å². The van der Waals surface area contributed by atoms with Crippen LogP contribution in [0.2, 0.25) is 0 Å². The molecule has 1 heterocycles. The molecule has 8 heteroatoms. The highest BCUT2D eigenvalue weighted by Gasteiger charge is 2.26. The van der Waals surface area contributed by atoms with Gasteiger partial charge in [-0.05, 0) is 30.4 Å². The molecule has 0 bridgehead atoms. The summed E-state index contributed by atoms with van der Waals surface area (Å²) < 4.78 is 26.2. The molecule has 1 aliphatic heterocycles. The molecule has 20 heavy (non-hydrogen) atoms. The Hall–Kier alpha value is -1.70. The maximum atomic E-state index is 13.2. The maximum Gasteiger partial charge on any atom is 0.285 e. The molecule has 0 saturated carbocycles. The first-order chi connectivity index (χ1) is 9.49. The number of nitro groups is 1. The van der Waals surface area contributed by atoms with E-state index >= 15 is 0 Å². The molecule has 108 valence electrons. The first kappa shape index (κ1) is 14.7. The highest BCUT2D eigenvalue weighted by molar-refractivity contribution is 7.99. The lowest BCUT2D eigenvalue weighted by Crippen LogP contribution is -2.37. The number of nitro benzene ring substituents is 1. The summed E-state index contributed by atoms with van der Waals surface area (Å²) in [6.07, 6.45) is 1.52. The normalized spacial score (nSPS) is 15.9. The second kappa shape index (κ2) is 6.17. The molecule has 2 rings (SSSR count). The molecule has 0 atom stereocenters. The summed E-state index contributed by atoms with van der Waals surface area (Å²) in [5.41, 5.74) is -1.18. The van der Waals surface area contributed by atoms with Crippen LogP contribution in [0.3, 0.4) is 0 Å². The molecule has 0 radical (unpaired) electrons. The molecule has 5 nitrogen and oxygen atoms in total. The highest BCUT2D eigenvalue weighted by atomic mass is 32.2. The average Bonchev–Trinajstić information content (AvgIpc) is 2.42. The minimum Gasteiger partial charge on any atom is -0.349 e. The van der Waals surface area contributed by atoms with Crippen molar-refractivity contribution in [1.82, 2.24) is 5.32 Å². The van der Waals surface area contributed by atoms with Gasteiger partial charge in [0.15, 0.2) is 11.6 Å². The van der Waals surface area contributed by atoms with E-state index in [0.717, 1.165) is 24.3 Å². The molecule has 0 aromatic heterocycles. The lowest BCUT2D eigenvalue weighted by Gasteiger charge is -2.22. The number of nitrogens with one attached hydrogen (secondary N) is 1. The Morgan fingerprint density at radius 1 is 1.30 bits per heavy atom. The molecule has 1 amide bonds. The molecule has 1 N–H and O–H groups in total. The maximum absolute atomic E-state index is 13.2. The van der Waals surface area contributed by atoms with Crippen molar-refractivity contribution in [3.8, 4) is 0 Å². The van der Waals surface area contributed by atoms with Crippen LogP contribution in [0.1, 0.15) is 23.2 Å². The van der Waals surface area contributed by atoms with Crippen molar-refractivity contribution in [2.24, 2.45) is 0 Å². The summed E-state index contributed by atoms with van der Waals surface area (Å²) in [6.45, 7) is 0. The first-order valence-electron chi connectivity index (χ1n) is 6.01. The Bertz CT molecular complexity index is 548. The first-order valence-corrected chi connectivity index (χ1v) is 7.16. The van der Waals surface area contributed by atoms with Crippen LogP contribution in [-0.4, -0.2) is 28.4 Å². The minimum absolute atomic E-state index is 0.0866. The second-order valence-corrected chi connectivity index (χ2v) is 5.63. The Labute approximate surface area is 117 Å². The predicted octanol–water partition coefficient (Wildman–Crippen LogP) is 2.50. The SMILES string of the molecule is O=C(NC1CCSCC1)c1cc(F)c(F)cc1[N+](=O)[O-]. The van der Waals surface area contributed by atoms with Crippen LogP contribution < -0.4 is 5.32 Å². The summed E-state index contributed by atoms with van der Waals surface area (Å²) in [5.74, 6) is -1.58. The van der Waals surface area contributed by atoms with Gasteiger partial charge in [0.05, 0.1) is 11.0 Å². The third-order valence-electron chi connectivity index (χ3n) is 3.04. The number of rotatable bonds is 3. The van der Waals surface area contributed by atoms with Crippen molar-refractivity contribution in [2.75, 3.05) is 11.5 Å². The molecule has 1 saturated heterocycles. The smallest absolute Gasteiger partial charge is 0.285 e. The molecule has 1 aromatic carbocycles. The van der Waals surface area contributed by atoms with Crippen LogP contribution in [0.5, 0.6) is 0 Å². The van der Waals surface area contributed by atoms with Gasteiger partial charge in [-0.3, -0.25) is 14.9 Å². The third-order valence-corrected chi connectivity index (χ3v) is 4.09. The van der Waals surface area contributed by atoms with Gasteiger partial charge in [-0.15, -0.1) is 0 Å². The van der Waals surface area contributed by atoms with E-state index in [1.165, 1.54) is 0 Å². The Morgan fingerprint density at radius 2 is 1.90 bits per heavy atom. The van der Waals surface area contributed by atoms with E-state index in [-0.39, 0.29) is 6.04 Å². The lowest BCUT2D eigenvalue weighted by atomic mass is 10.1. The number of thioether (sulfide) groups is 1. The van der Waals surface area contributed by atoms with Crippen LogP contribution in [0.25, 0.3) is 0 Å². The fourth-order valence-corrected chi connectivity index (χ4v) is 3.08. The molecular formula is C12H12F2N2O3S. The number of nitrogens with zero attached hydrogens (tertiary/aromatic N) is 1. The van der Waals surface area contributed by atoms with Crippen LogP contribution in [0.15, 0.2) is 12.1 Å². The van der Waals surface area contributed by atoms with Crippen LogP contribution >= 0.6 is 11.8 Å². The zero-order valence-corrected chi connectivity index (χ0v) is 11.2. The number of amides is 1. The molecule has 1 aromatic rings. The van der Waals surface area contributed by atoms with Crippen LogP contribution in [0.4, 0.5) is 14.5 Å². The third kappa shape index (κ3) is 3.24. The number of hydrogen-bond acceptors (Lipinski definition) is 4. The fraction of sp³-hybridized carbons (Fsp3) is 0.417. The fourth-order valence-electron chi connectivity index (χ4n) is 1.97. The molecule has 1 fully saturated rings. The predicted molar refractivity (Wildman–Crippen MR) is 70.8 cm³/mol. The number of hydrogen-bond donors (Lipinski definition) is 1. The Balaban J connectivity index is 2.23. The Kier molecular flexibility index (Phi) is 4.53. The number of halogens is 2. The second-order valence-electron chi connectivity index (χ2n) is 4.40. The number of carbonyl (C=O) groups excluding carboxylic acids is 1. The minimum atomic E-state index is -1.35. The molecule has 1 aliphatic rings. The van der Waals surface area contributed by atoms with E-state index in [4.69, 9.17) is 0 Å². The number of benzene rings is 1. The summed E-state index contributed by atoms with van der Waals surface area (Å²) >= 11 is 1.76. The van der Waals surface area contributed by atoms with Gasteiger partial charge < -0.3 is 5.32 Å². The van der Waals surface area contributed by atoms with Gasteiger partial charge in [0.2, 0.25) is 0 Å². The van der Waals surface area contributed by atoms with Gasteiger partial charge in [-0.2, -0.15) is 11.8 Å². The van der Waals surface area contributed by atoms with Crippen molar-refractivity contribution >= 4 is 23.4 Å². The van der Waals surface area contributed by atoms with Crippen molar-refractivity contribution < 1.29 is 18.5 Å². The van der Waals surface area contributed by atoms with Gasteiger partial charge in [0.1, 0.15) is 5.56 Å². The molecule has 0 spiro atoms. The molecular weight excluding hydrogens is 290 g/mol. The van der Waals surface area contributed by atoms with E-state index in [1.807, 2.05) is 0 Å². The quantitative estimate of drug-likeness (QED) is 0.688. The summed E-state index contributed by atoms with van der Waals surface area (Å²) in [5, 5.41) is 13.4. The van der Waals surface area contributed by atoms with E-state index in [0.29, 0.717) is 12.1 Å². The van der Waals surface area contributed by atoms with Gasteiger partial charge >= 0.3 is 0 Å². The lowest BCUT2D eigenvalue weighted by molar-refractivity contribution is -0.385. The zero-order chi connectivity index (χ0) is 14.7. The van der Waals surface area contributed by atoms with Crippen molar-refractivity contribution in [3.05, 3.63) is 39.4 Å². The van der Waals surface area contributed by atoms with Crippen molar-refractivity contribution in [2.45, 2.75) is 18.9 Å². The summed E-state index contributed by atoms with van der Waals surface area (Å²) in [6, 6.07) is 0.915. The standard InChI is InChI=1S/C12H12F2N2O3S/c13-9-5-8(11(16(18)19)6-10(9)14)12(17)15-7-1-3-20-4-2-7/h5-7H,1-4H2,(H,15,17). The van der Waals surface area contributed by atoms with Crippen LogP contribution in [0, 0.1) is 21.7 Å². The largest absolute Gasteiger partial charge is 0.349 e. The number of carbonyl (C=O) groups is 1. The molecule has 0 aliphatic carbocycles. The van der Waals surface area contributed by atoms with Gasteiger partial charge in [0.25, 0.3) is 11.6 Å².